The number of carbonyl (C=O) groups is 1. The van der Waals surface area contributed by atoms with Gasteiger partial charge in [-0.25, -0.2) is 4.79 Å². The smallest absolute Gasteiger partial charge is 0.331 e. The van der Waals surface area contributed by atoms with Crippen LogP contribution in [0, 0.1) is 12.3 Å². The average Bonchev–Trinajstić information content (AvgIpc) is 3.19. The van der Waals surface area contributed by atoms with Crippen molar-refractivity contribution in [2.45, 2.75) is 38.3 Å². The van der Waals surface area contributed by atoms with Crippen molar-refractivity contribution >= 4 is 30.0 Å². The highest BCUT2D eigenvalue weighted by atomic mass is 35.5. The molecule has 0 bridgehead atoms. The number of nitrogens with zero attached hydrogens (tertiary/aromatic N) is 1. The van der Waals surface area contributed by atoms with Gasteiger partial charge in [0, 0.05) is 11.7 Å². The Morgan fingerprint density at radius 3 is 2.67 bits per heavy atom. The molecule has 0 spiro atoms. The fraction of sp³-hybridized carbons (Fsp3) is 0.364. The number of nitrogens with two attached hydrogens (primary N) is 1. The molecule has 2 unspecified atom stereocenters. The van der Waals surface area contributed by atoms with Crippen molar-refractivity contribution in [3.63, 3.8) is 0 Å². The van der Waals surface area contributed by atoms with Crippen molar-refractivity contribution in [2.24, 2.45) is 5.73 Å². The monoisotopic (exact) mass is 432 g/mol. The Balaban J connectivity index is 0.00000320. The molecule has 162 valence electrons. The third-order valence-corrected chi connectivity index (χ3v) is 5.07. The molecule has 3 rings (SSSR count). The molecule has 7 nitrogen and oxygen atoms in total. The summed E-state index contributed by atoms with van der Waals surface area (Å²) in [5, 5.41) is 21.4. The zero-order valence-electron chi connectivity index (χ0n) is 17.0. The van der Waals surface area contributed by atoms with E-state index in [0.29, 0.717) is 29.6 Å². The van der Waals surface area contributed by atoms with Gasteiger partial charge in [-0.2, -0.15) is 0 Å². The Kier molecular flexibility index (Phi) is 8.50. The van der Waals surface area contributed by atoms with Crippen molar-refractivity contribution in [1.82, 2.24) is 5.32 Å². The number of para-hydroxylation sites is 1. The SMILES string of the molecule is Cc1cc(OCCC2CCCN2)cc(C(C(=O)O)N(C(=N)N)c2ccccc2)c1.Cl. The molecule has 1 fully saturated rings. The van der Waals surface area contributed by atoms with Crippen LogP contribution in [0.5, 0.6) is 5.75 Å². The number of rotatable bonds is 8. The number of aliphatic carboxylic acids is 1. The number of benzene rings is 2. The Morgan fingerprint density at radius 1 is 1.33 bits per heavy atom. The van der Waals surface area contributed by atoms with Gasteiger partial charge in [-0.05, 0) is 68.1 Å². The van der Waals surface area contributed by atoms with E-state index < -0.39 is 12.0 Å². The van der Waals surface area contributed by atoms with Gasteiger partial charge in [0.05, 0.1) is 6.61 Å². The lowest BCUT2D eigenvalue weighted by molar-refractivity contribution is -0.138. The largest absolute Gasteiger partial charge is 0.494 e. The summed E-state index contributed by atoms with van der Waals surface area (Å²) >= 11 is 0. The molecule has 1 aliphatic rings. The number of aryl methyl sites for hydroxylation is 1. The minimum absolute atomic E-state index is 0. The number of hydrogen-bond acceptors (Lipinski definition) is 4. The lowest BCUT2D eigenvalue weighted by Gasteiger charge is -2.30. The second kappa shape index (κ2) is 10.8. The molecule has 1 saturated heterocycles. The number of carboxylic acid groups (broad SMARTS) is 1. The van der Waals surface area contributed by atoms with Gasteiger partial charge in [-0.3, -0.25) is 10.3 Å². The lowest BCUT2D eigenvalue weighted by atomic mass is 10.0. The van der Waals surface area contributed by atoms with Crippen LogP contribution in [-0.4, -0.2) is 36.2 Å². The Bertz CT molecular complexity index is 857. The number of halogens is 1. The first-order chi connectivity index (χ1) is 14.0. The van der Waals surface area contributed by atoms with E-state index in [1.165, 1.54) is 11.3 Å². The van der Waals surface area contributed by atoms with E-state index in [0.717, 1.165) is 24.9 Å². The van der Waals surface area contributed by atoms with Gasteiger partial charge < -0.3 is 20.9 Å². The molecule has 2 atom stereocenters. The fourth-order valence-electron chi connectivity index (χ4n) is 3.76. The second-order valence-electron chi connectivity index (χ2n) is 7.34. The van der Waals surface area contributed by atoms with E-state index in [2.05, 4.69) is 5.32 Å². The molecule has 5 N–H and O–H groups in total. The van der Waals surface area contributed by atoms with Gasteiger partial charge >= 0.3 is 5.97 Å². The minimum Gasteiger partial charge on any atom is -0.494 e. The van der Waals surface area contributed by atoms with E-state index in [1.807, 2.05) is 19.1 Å². The van der Waals surface area contributed by atoms with Gasteiger partial charge in [-0.1, -0.05) is 24.3 Å². The molecule has 0 amide bonds. The highest BCUT2D eigenvalue weighted by Gasteiger charge is 2.30. The number of anilines is 1. The maximum Gasteiger partial charge on any atom is 0.331 e. The molecule has 1 aliphatic heterocycles. The normalized spacial score (nSPS) is 16.4. The Hall–Kier alpha value is -2.77. The number of nitrogens with one attached hydrogen (secondary N) is 2. The van der Waals surface area contributed by atoms with Crippen molar-refractivity contribution in [2.75, 3.05) is 18.1 Å². The quantitative estimate of drug-likeness (QED) is 0.375. The van der Waals surface area contributed by atoms with Crippen molar-refractivity contribution in [1.29, 1.82) is 5.41 Å². The zero-order valence-corrected chi connectivity index (χ0v) is 17.8. The molecule has 2 aromatic carbocycles. The van der Waals surface area contributed by atoms with Gasteiger partial charge in [0.1, 0.15) is 5.75 Å². The molecule has 8 heteroatoms. The Labute approximate surface area is 183 Å². The first-order valence-electron chi connectivity index (χ1n) is 9.84. The molecule has 0 aromatic heterocycles. The minimum atomic E-state index is -1.13. The van der Waals surface area contributed by atoms with Crippen molar-refractivity contribution in [3.8, 4) is 5.75 Å². The molecule has 0 aliphatic carbocycles. The molecule has 2 aromatic rings. The van der Waals surface area contributed by atoms with Gasteiger partial charge in [0.25, 0.3) is 0 Å². The molecule has 0 radical (unpaired) electrons. The predicted octanol–water partition coefficient (Wildman–Crippen LogP) is 3.46. The zero-order chi connectivity index (χ0) is 20.8. The van der Waals surface area contributed by atoms with Gasteiger partial charge in [0.2, 0.25) is 0 Å². The summed E-state index contributed by atoms with van der Waals surface area (Å²) in [6.07, 6.45) is 3.27. The highest BCUT2D eigenvalue weighted by molar-refractivity contribution is 5.99. The molecular formula is C22H29ClN4O3. The highest BCUT2D eigenvalue weighted by Crippen LogP contribution is 2.30. The van der Waals surface area contributed by atoms with Crippen LogP contribution in [0.4, 0.5) is 5.69 Å². The fourth-order valence-corrected chi connectivity index (χ4v) is 3.76. The first-order valence-corrected chi connectivity index (χ1v) is 9.84. The van der Waals surface area contributed by atoms with Crippen LogP contribution in [0.25, 0.3) is 0 Å². The third kappa shape index (κ3) is 5.87. The summed E-state index contributed by atoms with van der Waals surface area (Å²) in [4.78, 5) is 13.5. The van der Waals surface area contributed by atoms with Crippen LogP contribution in [-0.2, 0) is 4.79 Å². The maximum atomic E-state index is 12.2. The lowest BCUT2D eigenvalue weighted by Crippen LogP contribution is -2.43. The maximum absolute atomic E-state index is 12.2. The summed E-state index contributed by atoms with van der Waals surface area (Å²) < 4.78 is 5.93. The average molecular weight is 433 g/mol. The summed E-state index contributed by atoms with van der Waals surface area (Å²) in [6, 6.07) is 13.6. The van der Waals surface area contributed by atoms with Crippen LogP contribution in [0.3, 0.4) is 0 Å². The summed E-state index contributed by atoms with van der Waals surface area (Å²) in [5.74, 6) is -0.795. The van der Waals surface area contributed by atoms with Crippen molar-refractivity contribution < 1.29 is 14.6 Å². The molecule has 1 heterocycles. The van der Waals surface area contributed by atoms with Crippen molar-refractivity contribution in [3.05, 3.63) is 59.7 Å². The number of ether oxygens (including phenoxy) is 1. The Morgan fingerprint density at radius 2 is 2.07 bits per heavy atom. The van der Waals surface area contributed by atoms with Crippen LogP contribution >= 0.6 is 12.4 Å². The summed E-state index contributed by atoms with van der Waals surface area (Å²) in [7, 11) is 0. The second-order valence-corrected chi connectivity index (χ2v) is 7.34. The number of carboxylic acids is 1. The third-order valence-electron chi connectivity index (χ3n) is 5.07. The van der Waals surface area contributed by atoms with E-state index in [9.17, 15) is 9.90 Å². The van der Waals surface area contributed by atoms with E-state index in [1.54, 1.807) is 36.4 Å². The van der Waals surface area contributed by atoms with Gasteiger partial charge in [0.15, 0.2) is 12.0 Å². The van der Waals surface area contributed by atoms with E-state index in [-0.39, 0.29) is 18.4 Å². The number of guanidine groups is 1. The van der Waals surface area contributed by atoms with Crippen LogP contribution in [0.15, 0.2) is 48.5 Å². The predicted molar refractivity (Wildman–Crippen MR) is 121 cm³/mol. The van der Waals surface area contributed by atoms with Crippen LogP contribution in [0.1, 0.15) is 36.4 Å². The van der Waals surface area contributed by atoms with Crippen LogP contribution < -0.4 is 20.7 Å². The number of hydrogen-bond donors (Lipinski definition) is 4. The molecule has 30 heavy (non-hydrogen) atoms. The van der Waals surface area contributed by atoms with E-state index in [4.69, 9.17) is 15.9 Å². The van der Waals surface area contributed by atoms with Gasteiger partial charge in [-0.15, -0.1) is 12.4 Å². The van der Waals surface area contributed by atoms with Crippen LogP contribution in [0.2, 0.25) is 0 Å². The summed E-state index contributed by atoms with van der Waals surface area (Å²) in [6.45, 7) is 3.52. The topological polar surface area (TPSA) is 112 Å². The molecule has 0 saturated carbocycles. The summed E-state index contributed by atoms with van der Waals surface area (Å²) in [5.41, 5.74) is 7.73. The molecular weight excluding hydrogens is 404 g/mol. The standard InChI is InChI=1S/C22H28N4O3.ClH/c1-15-12-16(14-19(13-15)29-11-9-17-6-5-10-25-17)20(21(27)28)26(22(23)24)18-7-3-2-4-8-18;/h2-4,7-8,12-14,17,20,25H,5-6,9-11H2,1H3,(H3,23,24)(H,27,28);1H. The first kappa shape index (κ1) is 23.5. The van der Waals surface area contributed by atoms with E-state index >= 15 is 0 Å².